The van der Waals surface area contributed by atoms with Crippen molar-refractivity contribution < 1.29 is 14.3 Å². The first-order chi connectivity index (χ1) is 5.34. The van der Waals surface area contributed by atoms with Crippen LogP contribution in [0.4, 0.5) is 0 Å². The van der Waals surface area contributed by atoms with Crippen LogP contribution in [0, 0.1) is 0 Å². The number of furan rings is 1. The van der Waals surface area contributed by atoms with Crippen LogP contribution in [0.2, 0.25) is 0 Å². The maximum atomic E-state index is 9.37. The molecule has 11 heavy (non-hydrogen) atoms. The molecule has 3 nitrogen and oxygen atoms in total. The Morgan fingerprint density at radius 1 is 1.73 bits per heavy atom. The number of rotatable bonds is 4. The van der Waals surface area contributed by atoms with Crippen LogP contribution in [-0.2, 0) is 4.74 Å². The Bertz CT molecular complexity index is 181. The lowest BCUT2D eigenvalue weighted by atomic mass is 10.2. The molecule has 0 aliphatic heterocycles. The van der Waals surface area contributed by atoms with E-state index in [0.29, 0.717) is 18.8 Å². The van der Waals surface area contributed by atoms with Crippen molar-refractivity contribution in [3.8, 4) is 0 Å². The molecule has 1 unspecified atom stereocenters. The van der Waals surface area contributed by atoms with Crippen LogP contribution in [0.1, 0.15) is 18.3 Å². The molecule has 1 aromatic heterocycles. The first-order valence-electron chi connectivity index (χ1n) is 3.55. The van der Waals surface area contributed by atoms with Crippen molar-refractivity contribution in [1.29, 1.82) is 0 Å². The number of aliphatic hydroxyl groups is 1. The zero-order valence-corrected chi connectivity index (χ0v) is 6.49. The second kappa shape index (κ2) is 4.16. The maximum Gasteiger partial charge on any atom is 0.132 e. The summed E-state index contributed by atoms with van der Waals surface area (Å²) in [5.74, 6) is 0.599. The minimum Gasteiger partial charge on any atom is -0.467 e. The summed E-state index contributed by atoms with van der Waals surface area (Å²) < 4.78 is 9.80. The number of hydrogen-bond donors (Lipinski definition) is 1. The number of methoxy groups -OCH3 is 1. The average molecular weight is 156 g/mol. The molecule has 0 saturated heterocycles. The third-order valence-corrected chi connectivity index (χ3v) is 1.47. The van der Waals surface area contributed by atoms with Crippen LogP contribution < -0.4 is 0 Å². The molecule has 0 spiro atoms. The van der Waals surface area contributed by atoms with E-state index >= 15 is 0 Å². The summed E-state index contributed by atoms with van der Waals surface area (Å²) in [5.41, 5.74) is 0. The van der Waals surface area contributed by atoms with Gasteiger partial charge in [0.15, 0.2) is 0 Å². The average Bonchev–Trinajstić information content (AvgIpc) is 2.52. The van der Waals surface area contributed by atoms with E-state index in [4.69, 9.17) is 9.15 Å². The molecular weight excluding hydrogens is 144 g/mol. The first-order valence-corrected chi connectivity index (χ1v) is 3.55. The smallest absolute Gasteiger partial charge is 0.132 e. The summed E-state index contributed by atoms with van der Waals surface area (Å²) in [6.07, 6.45) is 1.58. The summed E-state index contributed by atoms with van der Waals surface area (Å²) in [7, 11) is 1.61. The zero-order valence-electron chi connectivity index (χ0n) is 6.49. The molecule has 3 heteroatoms. The molecule has 1 aromatic rings. The largest absolute Gasteiger partial charge is 0.467 e. The van der Waals surface area contributed by atoms with Crippen molar-refractivity contribution in [2.45, 2.75) is 12.5 Å². The van der Waals surface area contributed by atoms with Gasteiger partial charge in [-0.3, -0.25) is 0 Å². The van der Waals surface area contributed by atoms with Gasteiger partial charge in [0.05, 0.1) is 6.26 Å². The van der Waals surface area contributed by atoms with Gasteiger partial charge in [0.25, 0.3) is 0 Å². The Labute approximate surface area is 65.6 Å². The third-order valence-electron chi connectivity index (χ3n) is 1.47. The Kier molecular flexibility index (Phi) is 3.14. The van der Waals surface area contributed by atoms with Gasteiger partial charge in [0.2, 0.25) is 0 Å². The lowest BCUT2D eigenvalue weighted by Gasteiger charge is -2.05. The first kappa shape index (κ1) is 8.30. The molecule has 0 bridgehead atoms. The van der Waals surface area contributed by atoms with Crippen LogP contribution in [0.3, 0.4) is 0 Å². The molecule has 0 aromatic carbocycles. The monoisotopic (exact) mass is 156 g/mol. The SMILES string of the molecule is COCCC(O)c1ccco1. The van der Waals surface area contributed by atoms with Crippen molar-refractivity contribution in [1.82, 2.24) is 0 Å². The highest BCUT2D eigenvalue weighted by atomic mass is 16.5. The number of hydrogen-bond acceptors (Lipinski definition) is 3. The van der Waals surface area contributed by atoms with Gasteiger partial charge in [-0.05, 0) is 12.1 Å². The molecule has 0 fully saturated rings. The van der Waals surface area contributed by atoms with Crippen molar-refractivity contribution >= 4 is 0 Å². The van der Waals surface area contributed by atoms with Gasteiger partial charge in [-0.25, -0.2) is 0 Å². The number of aliphatic hydroxyl groups excluding tert-OH is 1. The quantitative estimate of drug-likeness (QED) is 0.715. The van der Waals surface area contributed by atoms with Gasteiger partial charge in [0, 0.05) is 20.1 Å². The van der Waals surface area contributed by atoms with E-state index in [9.17, 15) is 5.11 Å². The number of ether oxygens (including phenoxy) is 1. The topological polar surface area (TPSA) is 42.6 Å². The summed E-state index contributed by atoms with van der Waals surface area (Å²) in [5, 5.41) is 9.37. The predicted octanol–water partition coefficient (Wildman–Crippen LogP) is 1.35. The van der Waals surface area contributed by atoms with Crippen molar-refractivity contribution in [2.24, 2.45) is 0 Å². The predicted molar refractivity (Wildman–Crippen MR) is 40.2 cm³/mol. The highest BCUT2D eigenvalue weighted by Gasteiger charge is 2.08. The fraction of sp³-hybridized carbons (Fsp3) is 0.500. The highest BCUT2D eigenvalue weighted by molar-refractivity contribution is 5.01. The second-order valence-corrected chi connectivity index (χ2v) is 2.31. The van der Waals surface area contributed by atoms with E-state index in [-0.39, 0.29) is 0 Å². The van der Waals surface area contributed by atoms with Crippen LogP contribution in [0.15, 0.2) is 22.8 Å². The molecule has 1 atom stereocenters. The molecule has 0 saturated carbocycles. The standard InChI is InChI=1S/C8H12O3/c1-10-6-4-7(9)8-3-2-5-11-8/h2-3,5,7,9H,4,6H2,1H3. The van der Waals surface area contributed by atoms with Gasteiger partial charge in [-0.2, -0.15) is 0 Å². The Morgan fingerprint density at radius 3 is 3.09 bits per heavy atom. The molecule has 62 valence electrons. The third kappa shape index (κ3) is 2.37. The minimum absolute atomic E-state index is 0.537. The van der Waals surface area contributed by atoms with Gasteiger partial charge < -0.3 is 14.3 Å². The van der Waals surface area contributed by atoms with E-state index in [1.165, 1.54) is 0 Å². The molecule has 0 amide bonds. The molecule has 1 N–H and O–H groups in total. The van der Waals surface area contributed by atoms with E-state index < -0.39 is 6.10 Å². The van der Waals surface area contributed by atoms with E-state index in [0.717, 1.165) is 0 Å². The van der Waals surface area contributed by atoms with E-state index in [1.54, 1.807) is 25.5 Å². The Hall–Kier alpha value is -0.800. The van der Waals surface area contributed by atoms with Crippen LogP contribution >= 0.6 is 0 Å². The Balaban J connectivity index is 2.36. The maximum absolute atomic E-state index is 9.37. The fourth-order valence-electron chi connectivity index (χ4n) is 0.853. The molecule has 0 aliphatic carbocycles. The van der Waals surface area contributed by atoms with E-state index in [1.807, 2.05) is 0 Å². The normalized spacial score (nSPS) is 13.3. The van der Waals surface area contributed by atoms with E-state index in [2.05, 4.69) is 0 Å². The lowest BCUT2D eigenvalue weighted by molar-refractivity contribution is 0.0947. The molecule has 1 heterocycles. The Morgan fingerprint density at radius 2 is 2.55 bits per heavy atom. The summed E-state index contributed by atoms with van der Waals surface area (Å²) in [6, 6.07) is 3.51. The van der Waals surface area contributed by atoms with Gasteiger partial charge in [-0.1, -0.05) is 0 Å². The minimum atomic E-state index is -0.537. The van der Waals surface area contributed by atoms with Crippen molar-refractivity contribution in [2.75, 3.05) is 13.7 Å². The summed E-state index contributed by atoms with van der Waals surface area (Å²) >= 11 is 0. The highest BCUT2D eigenvalue weighted by Crippen LogP contribution is 2.15. The van der Waals surface area contributed by atoms with Gasteiger partial charge in [0.1, 0.15) is 11.9 Å². The molecule has 0 radical (unpaired) electrons. The zero-order chi connectivity index (χ0) is 8.10. The van der Waals surface area contributed by atoms with Gasteiger partial charge in [-0.15, -0.1) is 0 Å². The van der Waals surface area contributed by atoms with Crippen LogP contribution in [-0.4, -0.2) is 18.8 Å². The van der Waals surface area contributed by atoms with Crippen molar-refractivity contribution in [3.63, 3.8) is 0 Å². The molecule has 0 aliphatic rings. The second-order valence-electron chi connectivity index (χ2n) is 2.31. The molecular formula is C8H12O3. The fourth-order valence-corrected chi connectivity index (χ4v) is 0.853. The van der Waals surface area contributed by atoms with Crippen LogP contribution in [0.25, 0.3) is 0 Å². The molecule has 1 rings (SSSR count). The lowest BCUT2D eigenvalue weighted by Crippen LogP contribution is -1.99. The summed E-state index contributed by atoms with van der Waals surface area (Å²) in [4.78, 5) is 0. The van der Waals surface area contributed by atoms with Crippen LogP contribution in [0.5, 0.6) is 0 Å². The summed E-state index contributed by atoms with van der Waals surface area (Å²) in [6.45, 7) is 0.544. The van der Waals surface area contributed by atoms with Gasteiger partial charge >= 0.3 is 0 Å². The van der Waals surface area contributed by atoms with Crippen molar-refractivity contribution in [3.05, 3.63) is 24.2 Å².